The number of nitrogens with zero attached hydrogens (tertiary/aromatic N) is 1. The normalized spacial score (nSPS) is 10.9. The van der Waals surface area contributed by atoms with E-state index < -0.39 is 0 Å². The van der Waals surface area contributed by atoms with Crippen LogP contribution < -0.4 is 5.73 Å². The minimum absolute atomic E-state index is 0.364. The lowest BCUT2D eigenvalue weighted by Gasteiger charge is -2.00. The Hall–Kier alpha value is -1.77. The minimum Gasteiger partial charge on any atom is -0.366 e. The zero-order valence-electron chi connectivity index (χ0n) is 10.4. The highest BCUT2D eigenvalue weighted by Gasteiger charge is 2.08. The molecule has 1 heterocycles. The molecule has 0 saturated carbocycles. The Morgan fingerprint density at radius 1 is 1.41 bits per heavy atom. The number of carbonyl (C=O) groups is 1. The Bertz CT molecular complexity index is 555. The molecule has 0 unspecified atom stereocenters. The van der Waals surface area contributed by atoms with Crippen LogP contribution in [0.25, 0.3) is 10.9 Å². The monoisotopic (exact) mass is 230 g/mol. The molecule has 2 aromatic rings. The van der Waals surface area contributed by atoms with Crippen molar-refractivity contribution < 1.29 is 4.79 Å². The van der Waals surface area contributed by atoms with Gasteiger partial charge >= 0.3 is 0 Å². The number of fused-ring (bicyclic) bond motifs is 1. The number of rotatable bonds is 4. The van der Waals surface area contributed by atoms with Crippen LogP contribution in [0.15, 0.2) is 24.4 Å². The number of primary amides is 1. The van der Waals surface area contributed by atoms with Crippen molar-refractivity contribution in [1.29, 1.82) is 0 Å². The maximum absolute atomic E-state index is 11.2. The van der Waals surface area contributed by atoms with E-state index >= 15 is 0 Å². The number of unbranched alkanes of at least 4 members (excludes halogenated alkanes) is 1. The smallest absolute Gasteiger partial charge is 0.248 e. The molecular weight excluding hydrogens is 212 g/mol. The van der Waals surface area contributed by atoms with Gasteiger partial charge in [0.25, 0.3) is 0 Å². The van der Waals surface area contributed by atoms with Crippen LogP contribution in [0.4, 0.5) is 0 Å². The van der Waals surface area contributed by atoms with E-state index in [4.69, 9.17) is 5.73 Å². The van der Waals surface area contributed by atoms with Crippen molar-refractivity contribution in [2.45, 2.75) is 26.2 Å². The van der Waals surface area contributed by atoms with Crippen LogP contribution in [0.5, 0.6) is 0 Å². The fourth-order valence-corrected chi connectivity index (χ4v) is 2.19. The number of aryl methyl sites for hydroxylation is 2. The fraction of sp³-hybridized carbons (Fsp3) is 0.357. The first-order valence-corrected chi connectivity index (χ1v) is 6.01. The van der Waals surface area contributed by atoms with Gasteiger partial charge in [0, 0.05) is 29.7 Å². The predicted octanol–water partition coefficient (Wildman–Crippen LogP) is 2.62. The average molecular weight is 230 g/mol. The lowest BCUT2D eigenvalue weighted by atomic mass is 10.1. The summed E-state index contributed by atoms with van der Waals surface area (Å²) in [6.07, 6.45) is 5.53. The molecule has 0 aliphatic rings. The van der Waals surface area contributed by atoms with Crippen LogP contribution in [0, 0.1) is 0 Å². The van der Waals surface area contributed by atoms with Crippen molar-refractivity contribution in [1.82, 2.24) is 4.57 Å². The fourth-order valence-electron chi connectivity index (χ4n) is 2.19. The van der Waals surface area contributed by atoms with Crippen molar-refractivity contribution in [3.8, 4) is 0 Å². The van der Waals surface area contributed by atoms with Crippen molar-refractivity contribution in [2.24, 2.45) is 12.8 Å². The summed E-state index contributed by atoms with van der Waals surface area (Å²) < 4.78 is 2.10. The molecule has 3 nitrogen and oxygen atoms in total. The number of benzene rings is 1. The second-order valence-electron chi connectivity index (χ2n) is 4.46. The molecular formula is C14H18N2O. The summed E-state index contributed by atoms with van der Waals surface area (Å²) in [5.41, 5.74) is 8.35. The topological polar surface area (TPSA) is 48.0 Å². The van der Waals surface area contributed by atoms with Crippen LogP contribution in [0.2, 0.25) is 0 Å². The van der Waals surface area contributed by atoms with Crippen LogP contribution in [-0.2, 0) is 13.5 Å². The third kappa shape index (κ3) is 2.18. The van der Waals surface area contributed by atoms with E-state index in [-0.39, 0.29) is 5.91 Å². The third-order valence-electron chi connectivity index (χ3n) is 3.16. The van der Waals surface area contributed by atoms with Crippen LogP contribution in [0.1, 0.15) is 35.7 Å². The molecule has 1 aromatic carbocycles. The Labute approximate surface area is 101 Å². The quantitative estimate of drug-likeness (QED) is 0.862. The number of carbonyl (C=O) groups excluding carboxylic acids is 1. The molecule has 0 radical (unpaired) electrons. The summed E-state index contributed by atoms with van der Waals surface area (Å²) in [5.74, 6) is -0.364. The van der Waals surface area contributed by atoms with E-state index in [9.17, 15) is 4.79 Å². The van der Waals surface area contributed by atoms with Crippen LogP contribution in [-0.4, -0.2) is 10.5 Å². The summed E-state index contributed by atoms with van der Waals surface area (Å²) in [6, 6.07) is 5.65. The van der Waals surface area contributed by atoms with Gasteiger partial charge in [-0.3, -0.25) is 4.79 Å². The van der Waals surface area contributed by atoms with Gasteiger partial charge < -0.3 is 10.3 Å². The molecule has 0 saturated heterocycles. The Balaban J connectivity index is 2.52. The van der Waals surface area contributed by atoms with Gasteiger partial charge in [0.05, 0.1) is 0 Å². The summed E-state index contributed by atoms with van der Waals surface area (Å²) in [4.78, 5) is 11.2. The number of hydrogen-bond acceptors (Lipinski definition) is 1. The molecule has 17 heavy (non-hydrogen) atoms. The van der Waals surface area contributed by atoms with Crippen LogP contribution >= 0.6 is 0 Å². The van der Waals surface area contributed by atoms with E-state index in [1.807, 2.05) is 19.2 Å². The molecule has 0 atom stereocenters. The molecule has 2 rings (SSSR count). The van der Waals surface area contributed by atoms with Gasteiger partial charge in [-0.05, 0) is 36.6 Å². The second kappa shape index (κ2) is 4.62. The molecule has 90 valence electrons. The van der Waals surface area contributed by atoms with Gasteiger partial charge in [0.1, 0.15) is 0 Å². The molecule has 0 spiro atoms. The Kier molecular flexibility index (Phi) is 3.18. The maximum Gasteiger partial charge on any atom is 0.248 e. The van der Waals surface area contributed by atoms with Gasteiger partial charge in [-0.2, -0.15) is 0 Å². The van der Waals surface area contributed by atoms with Crippen molar-refractivity contribution in [2.75, 3.05) is 0 Å². The van der Waals surface area contributed by atoms with Crippen LogP contribution in [0.3, 0.4) is 0 Å². The van der Waals surface area contributed by atoms with Gasteiger partial charge in [-0.1, -0.05) is 13.3 Å². The van der Waals surface area contributed by atoms with E-state index in [2.05, 4.69) is 17.7 Å². The zero-order chi connectivity index (χ0) is 12.4. The average Bonchev–Trinajstić information content (AvgIpc) is 2.63. The molecule has 3 heteroatoms. The number of nitrogens with two attached hydrogens (primary N) is 1. The summed E-state index contributed by atoms with van der Waals surface area (Å²) >= 11 is 0. The van der Waals surface area contributed by atoms with Gasteiger partial charge in [0.2, 0.25) is 5.91 Å². The number of aromatic nitrogens is 1. The second-order valence-corrected chi connectivity index (χ2v) is 4.46. The summed E-state index contributed by atoms with van der Waals surface area (Å²) in [7, 11) is 2.03. The molecule has 0 aliphatic heterocycles. The lowest BCUT2D eigenvalue weighted by Crippen LogP contribution is -2.10. The first-order chi connectivity index (χ1) is 8.13. The van der Waals surface area contributed by atoms with E-state index in [1.165, 1.54) is 18.4 Å². The highest BCUT2D eigenvalue weighted by atomic mass is 16.1. The van der Waals surface area contributed by atoms with E-state index in [1.54, 1.807) is 6.07 Å². The summed E-state index contributed by atoms with van der Waals surface area (Å²) in [6.45, 7) is 2.18. The van der Waals surface area contributed by atoms with Crippen molar-refractivity contribution >= 4 is 16.8 Å². The van der Waals surface area contributed by atoms with Gasteiger partial charge in [-0.15, -0.1) is 0 Å². The summed E-state index contributed by atoms with van der Waals surface area (Å²) in [5, 5.41) is 1.15. The van der Waals surface area contributed by atoms with Gasteiger partial charge in [0.15, 0.2) is 0 Å². The predicted molar refractivity (Wildman–Crippen MR) is 70.0 cm³/mol. The molecule has 2 N–H and O–H groups in total. The Morgan fingerprint density at radius 3 is 2.82 bits per heavy atom. The molecule has 0 fully saturated rings. The maximum atomic E-state index is 11.2. The van der Waals surface area contributed by atoms with Crippen molar-refractivity contribution in [3.05, 3.63) is 35.5 Å². The molecule has 1 aromatic heterocycles. The molecule has 1 amide bonds. The van der Waals surface area contributed by atoms with E-state index in [0.717, 1.165) is 17.3 Å². The zero-order valence-corrected chi connectivity index (χ0v) is 10.4. The number of hydrogen-bond donors (Lipinski definition) is 1. The molecule has 0 bridgehead atoms. The standard InChI is InChI=1S/C14H18N2O/c1-3-4-5-11-9-16(2)13-7-6-10(14(15)17)8-12(11)13/h6-9H,3-5H2,1-2H3,(H2,15,17). The largest absolute Gasteiger partial charge is 0.366 e. The van der Waals surface area contributed by atoms with E-state index in [0.29, 0.717) is 5.56 Å². The number of amides is 1. The Morgan fingerprint density at radius 2 is 2.18 bits per heavy atom. The highest BCUT2D eigenvalue weighted by molar-refractivity contribution is 5.98. The first kappa shape index (κ1) is 11.7. The molecule has 0 aliphatic carbocycles. The lowest BCUT2D eigenvalue weighted by molar-refractivity contribution is 0.100. The van der Waals surface area contributed by atoms with Crippen molar-refractivity contribution in [3.63, 3.8) is 0 Å². The third-order valence-corrected chi connectivity index (χ3v) is 3.16. The highest BCUT2D eigenvalue weighted by Crippen LogP contribution is 2.23. The SMILES string of the molecule is CCCCc1cn(C)c2ccc(C(N)=O)cc12. The minimum atomic E-state index is -0.364. The first-order valence-electron chi connectivity index (χ1n) is 6.01. The van der Waals surface area contributed by atoms with Gasteiger partial charge in [-0.25, -0.2) is 0 Å².